The van der Waals surface area contributed by atoms with Crippen molar-refractivity contribution in [2.45, 2.75) is 0 Å². The average Bonchev–Trinajstić information content (AvgIpc) is 2.89. The van der Waals surface area contributed by atoms with Gasteiger partial charge in [0, 0.05) is 17.7 Å². The smallest absolute Gasteiger partial charge is 0.270 e. The zero-order valence-electron chi connectivity index (χ0n) is 13.0. The van der Waals surface area contributed by atoms with Gasteiger partial charge in [-0.05, 0) is 24.3 Å². The highest BCUT2D eigenvalue weighted by molar-refractivity contribution is 8.27. The second-order valence-corrected chi connectivity index (χ2v) is 6.71. The molecule has 0 radical (unpaired) electrons. The van der Waals surface area contributed by atoms with E-state index in [2.05, 4.69) is 0 Å². The van der Waals surface area contributed by atoms with Gasteiger partial charge in [-0.1, -0.05) is 42.2 Å². The Balaban J connectivity index is 1.92. The molecule has 3 rings (SSSR count). The Morgan fingerprint density at radius 2 is 1.88 bits per heavy atom. The number of nitro groups is 1. The maximum atomic E-state index is 12.7. The molecule has 8 heteroatoms. The van der Waals surface area contributed by atoms with Crippen LogP contribution in [0.15, 0.2) is 53.4 Å². The van der Waals surface area contributed by atoms with Crippen LogP contribution in [0.1, 0.15) is 5.56 Å². The van der Waals surface area contributed by atoms with Crippen LogP contribution in [0.25, 0.3) is 6.08 Å². The Morgan fingerprint density at radius 1 is 1.20 bits per heavy atom. The molecule has 1 heterocycles. The van der Waals surface area contributed by atoms with E-state index in [4.69, 9.17) is 17.0 Å². The van der Waals surface area contributed by atoms with Crippen molar-refractivity contribution in [3.05, 3.63) is 69.1 Å². The summed E-state index contributed by atoms with van der Waals surface area (Å²) in [6.07, 6.45) is 1.73. The number of carbonyl (C=O) groups is 1. The van der Waals surface area contributed by atoms with Crippen LogP contribution >= 0.6 is 24.0 Å². The van der Waals surface area contributed by atoms with Crippen molar-refractivity contribution in [1.82, 2.24) is 0 Å². The van der Waals surface area contributed by atoms with Gasteiger partial charge in [0.25, 0.3) is 11.6 Å². The second kappa shape index (κ2) is 7.04. The first kappa shape index (κ1) is 17.1. The number of nitro benzene ring substituents is 1. The molecule has 1 amide bonds. The lowest BCUT2D eigenvalue weighted by Crippen LogP contribution is -2.27. The first-order valence-corrected chi connectivity index (χ1v) is 8.39. The van der Waals surface area contributed by atoms with Crippen molar-refractivity contribution in [2.24, 2.45) is 0 Å². The van der Waals surface area contributed by atoms with E-state index in [-0.39, 0.29) is 11.6 Å². The van der Waals surface area contributed by atoms with E-state index in [1.54, 1.807) is 13.2 Å². The maximum Gasteiger partial charge on any atom is 0.270 e. The third kappa shape index (κ3) is 3.40. The van der Waals surface area contributed by atoms with Gasteiger partial charge in [-0.25, -0.2) is 0 Å². The van der Waals surface area contributed by atoms with Crippen LogP contribution in [0.3, 0.4) is 0 Å². The van der Waals surface area contributed by atoms with Crippen LogP contribution < -0.4 is 9.64 Å². The van der Waals surface area contributed by atoms with Crippen LogP contribution in [0, 0.1) is 10.1 Å². The maximum absolute atomic E-state index is 12.7. The summed E-state index contributed by atoms with van der Waals surface area (Å²) in [7, 11) is 1.56. The van der Waals surface area contributed by atoms with Crippen molar-refractivity contribution in [2.75, 3.05) is 12.0 Å². The summed E-state index contributed by atoms with van der Waals surface area (Å²) in [6.45, 7) is 0. The molecule has 0 bridgehead atoms. The van der Waals surface area contributed by atoms with Crippen LogP contribution in [-0.2, 0) is 4.79 Å². The van der Waals surface area contributed by atoms with Gasteiger partial charge in [0.05, 0.1) is 22.6 Å². The summed E-state index contributed by atoms with van der Waals surface area (Å²) < 4.78 is 5.66. The number of ether oxygens (including phenoxy) is 1. The summed E-state index contributed by atoms with van der Waals surface area (Å²) in [5, 5.41) is 10.8. The first-order valence-electron chi connectivity index (χ1n) is 7.16. The van der Waals surface area contributed by atoms with E-state index in [9.17, 15) is 14.9 Å². The van der Waals surface area contributed by atoms with Crippen LogP contribution in [0.2, 0.25) is 0 Å². The Hall–Kier alpha value is -2.71. The molecule has 0 aromatic heterocycles. The molecule has 0 saturated carbocycles. The minimum absolute atomic E-state index is 0.0428. The van der Waals surface area contributed by atoms with Gasteiger partial charge < -0.3 is 4.74 Å². The Bertz CT molecular complexity index is 894. The highest BCUT2D eigenvalue weighted by Crippen LogP contribution is 2.37. The largest absolute Gasteiger partial charge is 0.496 e. The van der Waals surface area contributed by atoms with Crippen molar-refractivity contribution < 1.29 is 14.5 Å². The number of para-hydroxylation sites is 1. The zero-order chi connectivity index (χ0) is 18.0. The third-order valence-electron chi connectivity index (χ3n) is 3.54. The number of methoxy groups -OCH3 is 1. The molecule has 2 aromatic rings. The average molecular weight is 372 g/mol. The number of non-ortho nitro benzene ring substituents is 1. The van der Waals surface area contributed by atoms with Gasteiger partial charge in [0.15, 0.2) is 4.32 Å². The topological polar surface area (TPSA) is 72.7 Å². The fourth-order valence-electron chi connectivity index (χ4n) is 2.34. The summed E-state index contributed by atoms with van der Waals surface area (Å²) in [5.74, 6) is 0.387. The molecule has 0 spiro atoms. The van der Waals surface area contributed by atoms with Gasteiger partial charge >= 0.3 is 0 Å². The molecule has 1 aliphatic rings. The molecule has 1 saturated heterocycles. The molecule has 0 N–H and O–H groups in total. The van der Waals surface area contributed by atoms with Crippen LogP contribution in [-0.4, -0.2) is 22.3 Å². The van der Waals surface area contributed by atoms with Gasteiger partial charge in [0.1, 0.15) is 5.75 Å². The number of amides is 1. The van der Waals surface area contributed by atoms with E-state index in [1.165, 1.54) is 40.9 Å². The van der Waals surface area contributed by atoms with Crippen molar-refractivity contribution >= 4 is 51.7 Å². The Kier molecular flexibility index (Phi) is 4.82. The SMILES string of the molecule is COc1ccccc1/C=C1\SC(=S)N(c2ccc([N+](=O)[O-])cc2)C1=O. The Morgan fingerprint density at radius 3 is 2.52 bits per heavy atom. The van der Waals surface area contributed by atoms with Gasteiger partial charge in [-0.2, -0.15) is 0 Å². The van der Waals surface area contributed by atoms with Crippen molar-refractivity contribution in [3.8, 4) is 5.75 Å². The van der Waals surface area contributed by atoms with Crippen LogP contribution in [0.5, 0.6) is 5.75 Å². The molecular formula is C17H12N2O4S2. The minimum atomic E-state index is -0.490. The number of nitrogens with zero attached hydrogens (tertiary/aromatic N) is 2. The van der Waals surface area contributed by atoms with E-state index < -0.39 is 4.92 Å². The normalized spacial score (nSPS) is 15.7. The fraction of sp³-hybridized carbons (Fsp3) is 0.0588. The number of thioether (sulfide) groups is 1. The highest BCUT2D eigenvalue weighted by Gasteiger charge is 2.33. The lowest BCUT2D eigenvalue weighted by molar-refractivity contribution is -0.384. The molecule has 0 atom stereocenters. The van der Waals surface area contributed by atoms with E-state index >= 15 is 0 Å². The zero-order valence-corrected chi connectivity index (χ0v) is 14.7. The molecule has 0 aliphatic carbocycles. The minimum Gasteiger partial charge on any atom is -0.496 e. The number of thiocarbonyl (C=S) groups is 1. The number of anilines is 1. The summed E-state index contributed by atoms with van der Waals surface area (Å²) >= 11 is 6.48. The molecule has 1 fully saturated rings. The van der Waals surface area contributed by atoms with Gasteiger partial charge in [-0.3, -0.25) is 19.8 Å². The number of benzene rings is 2. The van der Waals surface area contributed by atoms with Gasteiger partial charge in [-0.15, -0.1) is 0 Å². The monoisotopic (exact) mass is 372 g/mol. The summed E-state index contributed by atoms with van der Waals surface area (Å²) in [4.78, 5) is 24.8. The molecule has 1 aliphatic heterocycles. The lowest BCUT2D eigenvalue weighted by Gasteiger charge is -2.14. The molecule has 126 valence electrons. The third-order valence-corrected chi connectivity index (χ3v) is 4.84. The molecular weight excluding hydrogens is 360 g/mol. The first-order chi connectivity index (χ1) is 12.0. The molecule has 2 aromatic carbocycles. The second-order valence-electron chi connectivity index (χ2n) is 5.03. The standard InChI is InChI=1S/C17H12N2O4S2/c1-23-14-5-3-2-4-11(14)10-15-16(20)18(17(24)25-15)12-6-8-13(9-7-12)19(21)22/h2-10H,1H3/b15-10-. The number of carbonyl (C=O) groups excluding carboxylic acids is 1. The molecule has 25 heavy (non-hydrogen) atoms. The summed E-state index contributed by atoms with van der Waals surface area (Å²) in [6, 6.07) is 13.1. The predicted molar refractivity (Wildman–Crippen MR) is 102 cm³/mol. The predicted octanol–water partition coefficient (Wildman–Crippen LogP) is 4.01. The Labute approximate surface area is 153 Å². The number of hydrogen-bond donors (Lipinski definition) is 0. The lowest BCUT2D eigenvalue weighted by atomic mass is 10.2. The van der Waals surface area contributed by atoms with E-state index in [1.807, 2.05) is 24.3 Å². The van der Waals surface area contributed by atoms with Gasteiger partial charge in [0.2, 0.25) is 0 Å². The van der Waals surface area contributed by atoms with Crippen molar-refractivity contribution in [3.63, 3.8) is 0 Å². The molecule has 0 unspecified atom stereocenters. The molecule has 6 nitrogen and oxygen atoms in total. The van der Waals surface area contributed by atoms with E-state index in [0.29, 0.717) is 20.7 Å². The van der Waals surface area contributed by atoms with Crippen molar-refractivity contribution in [1.29, 1.82) is 0 Å². The number of rotatable bonds is 4. The highest BCUT2D eigenvalue weighted by atomic mass is 32.2. The fourth-order valence-corrected chi connectivity index (χ4v) is 3.63. The number of hydrogen-bond acceptors (Lipinski definition) is 6. The quantitative estimate of drug-likeness (QED) is 0.349. The van der Waals surface area contributed by atoms with Crippen LogP contribution in [0.4, 0.5) is 11.4 Å². The van der Waals surface area contributed by atoms with E-state index in [0.717, 1.165) is 5.56 Å². The summed E-state index contributed by atoms with van der Waals surface area (Å²) in [5.41, 5.74) is 1.23.